The first-order chi connectivity index (χ1) is 14.9. The zero-order valence-corrected chi connectivity index (χ0v) is 18.4. The van der Waals surface area contributed by atoms with Crippen LogP contribution in [-0.4, -0.2) is 51.1 Å². The lowest BCUT2D eigenvalue weighted by Gasteiger charge is -2.32. The molecule has 1 aromatic carbocycles. The van der Waals surface area contributed by atoms with E-state index >= 15 is 0 Å². The van der Waals surface area contributed by atoms with E-state index in [2.05, 4.69) is 15.6 Å². The zero-order valence-electron chi connectivity index (χ0n) is 17.7. The van der Waals surface area contributed by atoms with Gasteiger partial charge in [-0.2, -0.15) is 0 Å². The molecule has 0 saturated heterocycles. The van der Waals surface area contributed by atoms with Gasteiger partial charge >= 0.3 is 5.97 Å². The molecule has 1 saturated carbocycles. The van der Waals surface area contributed by atoms with Crippen molar-refractivity contribution in [3.05, 3.63) is 46.5 Å². The van der Waals surface area contributed by atoms with E-state index in [9.17, 15) is 14.0 Å². The monoisotopic (exact) mass is 451 g/mol. The van der Waals surface area contributed by atoms with E-state index in [1.165, 1.54) is 17.2 Å². The summed E-state index contributed by atoms with van der Waals surface area (Å²) in [5.74, 6) is -1.39. The number of nitrogens with zero attached hydrogens (tertiary/aromatic N) is 4. The maximum absolute atomic E-state index is 14.0. The highest BCUT2D eigenvalue weighted by Crippen LogP contribution is 2.29. The molecule has 0 aliphatic heterocycles. The number of aromatic nitrogens is 3. The summed E-state index contributed by atoms with van der Waals surface area (Å²) in [7, 11) is 0. The number of benzene rings is 1. The number of hydroxylamine groups is 2. The summed E-state index contributed by atoms with van der Waals surface area (Å²) >= 11 is 6.04. The number of hydrogen-bond acceptors (Lipinski definition) is 6. The molecule has 1 amide bonds. The third kappa shape index (κ3) is 5.80. The lowest BCUT2D eigenvalue weighted by atomic mass is 9.90. The minimum Gasteiger partial charge on any atom is -0.363 e. The number of halogens is 2. The van der Waals surface area contributed by atoms with Gasteiger partial charge in [0.1, 0.15) is 5.82 Å². The first-order valence-electron chi connectivity index (χ1n) is 10.5. The zero-order chi connectivity index (χ0) is 22.4. The average molecular weight is 452 g/mol. The molecule has 168 valence electrons. The Hall–Kier alpha value is -2.52. The summed E-state index contributed by atoms with van der Waals surface area (Å²) in [6.07, 6.45) is 4.85. The summed E-state index contributed by atoms with van der Waals surface area (Å²) in [5.41, 5.74) is 0.289. The maximum atomic E-state index is 14.0. The molecule has 1 aliphatic carbocycles. The Kier molecular flexibility index (Phi) is 7.97. The summed E-state index contributed by atoms with van der Waals surface area (Å²) < 4.78 is 15.6. The number of carbonyl (C=O) groups is 2. The Morgan fingerprint density at radius 1 is 1.29 bits per heavy atom. The molecule has 1 aliphatic rings. The van der Waals surface area contributed by atoms with Gasteiger partial charge < -0.3 is 10.2 Å². The van der Waals surface area contributed by atoms with Crippen molar-refractivity contribution >= 4 is 23.5 Å². The largest absolute Gasteiger partial charge is 0.379 e. The first kappa shape index (κ1) is 23.1. The van der Waals surface area contributed by atoms with Gasteiger partial charge in [-0.15, -0.1) is 10.2 Å². The van der Waals surface area contributed by atoms with Crippen LogP contribution in [0.25, 0.3) is 0 Å². The Bertz CT molecular complexity index is 898. The van der Waals surface area contributed by atoms with E-state index in [4.69, 9.17) is 16.4 Å². The van der Waals surface area contributed by atoms with Crippen LogP contribution in [0, 0.1) is 5.82 Å². The molecule has 1 heterocycles. The summed E-state index contributed by atoms with van der Waals surface area (Å²) in [4.78, 5) is 30.2. The van der Waals surface area contributed by atoms with E-state index in [0.717, 1.165) is 25.7 Å². The lowest BCUT2D eigenvalue weighted by molar-refractivity contribution is -0.121. The van der Waals surface area contributed by atoms with Gasteiger partial charge in [-0.25, -0.2) is 13.9 Å². The highest BCUT2D eigenvalue weighted by molar-refractivity contribution is 6.31. The SMILES string of the molecule is CCN(CC)OC(=O)c1cn(C2CCCCC2NC(=O)Cc2c(F)cccc2Cl)nn1. The fourth-order valence-corrected chi connectivity index (χ4v) is 3.99. The molecule has 2 aromatic rings. The predicted molar refractivity (Wildman–Crippen MR) is 113 cm³/mol. The van der Waals surface area contributed by atoms with Crippen LogP contribution < -0.4 is 5.32 Å². The van der Waals surface area contributed by atoms with Crippen LogP contribution in [0.1, 0.15) is 61.6 Å². The number of amides is 1. The second kappa shape index (κ2) is 10.7. The van der Waals surface area contributed by atoms with Gasteiger partial charge in [0.15, 0.2) is 5.69 Å². The van der Waals surface area contributed by atoms with Crippen LogP contribution in [0.15, 0.2) is 24.4 Å². The Morgan fingerprint density at radius 3 is 2.74 bits per heavy atom. The molecule has 3 rings (SSSR count). The van der Waals surface area contributed by atoms with Gasteiger partial charge in [-0.3, -0.25) is 4.79 Å². The van der Waals surface area contributed by atoms with Crippen molar-refractivity contribution in [2.75, 3.05) is 13.1 Å². The molecule has 1 N–H and O–H groups in total. The number of nitrogens with one attached hydrogen (secondary N) is 1. The minimum absolute atomic E-state index is 0.112. The average Bonchev–Trinajstić information content (AvgIpc) is 3.25. The van der Waals surface area contributed by atoms with E-state index in [0.29, 0.717) is 13.1 Å². The van der Waals surface area contributed by atoms with Gasteiger partial charge in [0.2, 0.25) is 5.91 Å². The molecule has 31 heavy (non-hydrogen) atoms. The molecule has 1 fully saturated rings. The second-order valence-corrected chi connectivity index (χ2v) is 7.89. The molecular formula is C21H27ClFN5O3. The molecule has 10 heteroatoms. The molecule has 2 unspecified atom stereocenters. The van der Waals surface area contributed by atoms with Crippen LogP contribution >= 0.6 is 11.6 Å². The van der Waals surface area contributed by atoms with Gasteiger partial charge in [0, 0.05) is 23.7 Å². The van der Waals surface area contributed by atoms with E-state index in [1.54, 1.807) is 16.9 Å². The number of hydrogen-bond donors (Lipinski definition) is 1. The standard InChI is InChI=1S/C21H27ClFN5O3/c1-3-27(4-2)31-21(30)18-13-28(26-25-18)19-11-6-5-10-17(19)24-20(29)12-14-15(22)8-7-9-16(14)23/h7-9,13,17,19H,3-6,10-12H2,1-2H3,(H,24,29). The van der Waals surface area contributed by atoms with E-state index < -0.39 is 11.8 Å². The summed E-state index contributed by atoms with van der Waals surface area (Å²) in [6.45, 7) is 4.91. The quantitative estimate of drug-likeness (QED) is 0.619. The molecule has 8 nitrogen and oxygen atoms in total. The normalized spacial score (nSPS) is 18.7. The van der Waals surface area contributed by atoms with Crippen molar-refractivity contribution in [2.24, 2.45) is 0 Å². The maximum Gasteiger partial charge on any atom is 0.379 e. The van der Waals surface area contributed by atoms with Gasteiger partial charge in [-0.05, 0) is 38.8 Å². The first-order valence-corrected chi connectivity index (χ1v) is 10.9. The van der Waals surface area contributed by atoms with E-state index in [1.807, 2.05) is 13.8 Å². The van der Waals surface area contributed by atoms with Gasteiger partial charge in [0.05, 0.1) is 24.7 Å². The Labute approximate surface area is 185 Å². The number of rotatable bonds is 8. The lowest BCUT2D eigenvalue weighted by Crippen LogP contribution is -2.44. The topological polar surface area (TPSA) is 89.4 Å². The molecule has 2 atom stereocenters. The summed E-state index contributed by atoms with van der Waals surface area (Å²) in [6, 6.07) is 3.98. The smallest absolute Gasteiger partial charge is 0.363 e. The molecule has 0 spiro atoms. The third-order valence-corrected chi connectivity index (χ3v) is 5.81. The number of carbonyl (C=O) groups excluding carboxylic acids is 2. The van der Waals surface area contributed by atoms with Crippen molar-refractivity contribution in [2.45, 2.75) is 58.0 Å². The van der Waals surface area contributed by atoms with Crippen LogP contribution in [0.2, 0.25) is 5.02 Å². The Morgan fingerprint density at radius 2 is 2.03 bits per heavy atom. The summed E-state index contributed by atoms with van der Waals surface area (Å²) in [5, 5.41) is 12.8. The van der Waals surface area contributed by atoms with Gasteiger partial charge in [-0.1, -0.05) is 35.7 Å². The second-order valence-electron chi connectivity index (χ2n) is 7.48. The fourth-order valence-electron chi connectivity index (χ4n) is 3.76. The minimum atomic E-state index is -0.569. The highest BCUT2D eigenvalue weighted by Gasteiger charge is 2.30. The van der Waals surface area contributed by atoms with Crippen molar-refractivity contribution in [3.8, 4) is 0 Å². The van der Waals surface area contributed by atoms with Crippen LogP contribution in [-0.2, 0) is 16.1 Å². The molecule has 1 aromatic heterocycles. The van der Waals surface area contributed by atoms with Crippen molar-refractivity contribution in [1.82, 2.24) is 25.4 Å². The molecule has 0 radical (unpaired) electrons. The van der Waals surface area contributed by atoms with Crippen molar-refractivity contribution in [1.29, 1.82) is 0 Å². The molecular weight excluding hydrogens is 425 g/mol. The van der Waals surface area contributed by atoms with Crippen LogP contribution in [0.5, 0.6) is 0 Å². The molecule has 0 bridgehead atoms. The third-order valence-electron chi connectivity index (χ3n) is 5.45. The van der Waals surface area contributed by atoms with E-state index in [-0.39, 0.29) is 40.7 Å². The van der Waals surface area contributed by atoms with Crippen LogP contribution in [0.4, 0.5) is 4.39 Å². The Balaban J connectivity index is 1.67. The van der Waals surface area contributed by atoms with Crippen molar-refractivity contribution in [3.63, 3.8) is 0 Å². The highest BCUT2D eigenvalue weighted by atomic mass is 35.5. The van der Waals surface area contributed by atoms with Crippen LogP contribution in [0.3, 0.4) is 0 Å². The predicted octanol–water partition coefficient (Wildman–Crippen LogP) is 3.33. The fraction of sp³-hybridized carbons (Fsp3) is 0.524. The van der Waals surface area contributed by atoms with Gasteiger partial charge in [0.25, 0.3) is 0 Å². The van der Waals surface area contributed by atoms with Crippen molar-refractivity contribution < 1.29 is 18.8 Å².